The number of phenols is 1. The van der Waals surface area contributed by atoms with Gasteiger partial charge in [0.1, 0.15) is 23.9 Å². The van der Waals surface area contributed by atoms with Crippen molar-refractivity contribution in [1.29, 1.82) is 0 Å². The van der Waals surface area contributed by atoms with Crippen LogP contribution in [0.4, 0.5) is 0 Å². The molecule has 12 nitrogen and oxygen atoms in total. The van der Waals surface area contributed by atoms with Gasteiger partial charge in [-0.2, -0.15) is 0 Å². The highest BCUT2D eigenvalue weighted by molar-refractivity contribution is 5.95. The zero-order valence-electron chi connectivity index (χ0n) is 20.3. The van der Waals surface area contributed by atoms with Crippen LogP contribution in [0.2, 0.25) is 0 Å². The number of rotatable bonds is 12. The summed E-state index contributed by atoms with van der Waals surface area (Å²) >= 11 is 0. The van der Waals surface area contributed by atoms with Gasteiger partial charge in [0.2, 0.25) is 17.7 Å². The van der Waals surface area contributed by atoms with Crippen LogP contribution in [0.3, 0.4) is 0 Å². The summed E-state index contributed by atoms with van der Waals surface area (Å²) < 4.78 is 0. The SMILES string of the molecule is CC(C)CC(NC(=O)C(N)Cc1ccc(O)cc1)C(=O)N1CCCC1C(=O)NC(CC(=O)O)C(=O)O. The Hall–Kier alpha value is -3.67. The summed E-state index contributed by atoms with van der Waals surface area (Å²) in [6.45, 7) is 3.98. The lowest BCUT2D eigenvalue weighted by Crippen LogP contribution is -2.57. The van der Waals surface area contributed by atoms with E-state index in [-0.39, 0.29) is 37.5 Å². The lowest BCUT2D eigenvalue weighted by atomic mass is 10.0. The second-order valence-corrected chi connectivity index (χ2v) is 9.35. The number of carbonyl (C=O) groups is 5. The molecule has 36 heavy (non-hydrogen) atoms. The van der Waals surface area contributed by atoms with E-state index in [1.54, 1.807) is 12.1 Å². The summed E-state index contributed by atoms with van der Waals surface area (Å²) in [4.78, 5) is 62.5. The van der Waals surface area contributed by atoms with Crippen molar-refractivity contribution in [3.63, 3.8) is 0 Å². The fourth-order valence-corrected chi connectivity index (χ4v) is 4.10. The maximum absolute atomic E-state index is 13.4. The molecule has 2 rings (SSSR count). The second kappa shape index (κ2) is 12.9. The van der Waals surface area contributed by atoms with E-state index in [1.807, 2.05) is 13.8 Å². The minimum Gasteiger partial charge on any atom is -0.508 e. The van der Waals surface area contributed by atoms with Gasteiger partial charge in [-0.3, -0.25) is 19.2 Å². The minimum atomic E-state index is -1.63. The number of nitrogens with zero attached hydrogens (tertiary/aromatic N) is 1. The van der Waals surface area contributed by atoms with Crippen LogP contribution in [0.15, 0.2) is 24.3 Å². The zero-order chi connectivity index (χ0) is 27.0. The second-order valence-electron chi connectivity index (χ2n) is 9.35. The summed E-state index contributed by atoms with van der Waals surface area (Å²) in [5, 5.41) is 32.4. The molecule has 0 aliphatic carbocycles. The Bertz CT molecular complexity index is 965. The van der Waals surface area contributed by atoms with Crippen LogP contribution < -0.4 is 16.4 Å². The zero-order valence-corrected chi connectivity index (χ0v) is 20.3. The van der Waals surface area contributed by atoms with Gasteiger partial charge in [0.25, 0.3) is 0 Å². The Morgan fingerprint density at radius 1 is 1.06 bits per heavy atom. The number of hydrogen-bond donors (Lipinski definition) is 6. The number of benzene rings is 1. The fraction of sp³-hybridized carbons (Fsp3) is 0.542. The van der Waals surface area contributed by atoms with Crippen LogP contribution in [-0.4, -0.2) is 80.6 Å². The molecule has 0 spiro atoms. The smallest absolute Gasteiger partial charge is 0.326 e. The van der Waals surface area contributed by atoms with Crippen LogP contribution in [0.1, 0.15) is 45.1 Å². The van der Waals surface area contributed by atoms with Crippen LogP contribution >= 0.6 is 0 Å². The molecule has 0 bridgehead atoms. The van der Waals surface area contributed by atoms with Gasteiger partial charge in [-0.1, -0.05) is 26.0 Å². The van der Waals surface area contributed by atoms with E-state index in [4.69, 9.17) is 10.8 Å². The molecule has 1 aromatic carbocycles. The van der Waals surface area contributed by atoms with Crippen LogP contribution in [0, 0.1) is 5.92 Å². The van der Waals surface area contributed by atoms with E-state index in [0.29, 0.717) is 6.42 Å². The Balaban J connectivity index is 2.10. The maximum atomic E-state index is 13.4. The largest absolute Gasteiger partial charge is 0.508 e. The number of amides is 3. The summed E-state index contributed by atoms with van der Waals surface area (Å²) in [7, 11) is 0. The first-order valence-electron chi connectivity index (χ1n) is 11.8. The third-order valence-corrected chi connectivity index (χ3v) is 5.88. The van der Waals surface area contributed by atoms with Crippen molar-refractivity contribution in [1.82, 2.24) is 15.5 Å². The summed E-state index contributed by atoms with van der Waals surface area (Å²) in [5.41, 5.74) is 6.78. The number of phenolic OH excluding ortho intramolecular Hbond substituents is 1. The topological polar surface area (TPSA) is 199 Å². The van der Waals surface area contributed by atoms with Gasteiger partial charge in [-0.05, 0) is 49.3 Å². The van der Waals surface area contributed by atoms with Crippen molar-refractivity contribution in [2.45, 2.75) is 70.1 Å². The number of nitrogens with one attached hydrogen (secondary N) is 2. The van der Waals surface area contributed by atoms with Crippen molar-refractivity contribution in [2.75, 3.05) is 6.54 Å². The van der Waals surface area contributed by atoms with Crippen LogP contribution in [0.5, 0.6) is 5.75 Å². The van der Waals surface area contributed by atoms with Crippen LogP contribution in [-0.2, 0) is 30.4 Å². The first-order valence-corrected chi connectivity index (χ1v) is 11.8. The van der Waals surface area contributed by atoms with E-state index in [1.165, 1.54) is 17.0 Å². The molecule has 4 atom stereocenters. The molecule has 198 valence electrons. The molecule has 4 unspecified atom stereocenters. The van der Waals surface area contributed by atoms with Crippen molar-refractivity contribution in [2.24, 2.45) is 11.7 Å². The van der Waals surface area contributed by atoms with E-state index in [9.17, 15) is 34.2 Å². The molecule has 7 N–H and O–H groups in total. The van der Waals surface area contributed by atoms with Gasteiger partial charge in [-0.15, -0.1) is 0 Å². The third kappa shape index (κ3) is 8.22. The quantitative estimate of drug-likeness (QED) is 0.223. The molecule has 1 saturated heterocycles. The van der Waals surface area contributed by atoms with E-state index in [2.05, 4.69) is 10.6 Å². The predicted molar refractivity (Wildman–Crippen MR) is 128 cm³/mol. The standard InChI is InChI=1S/C24H34N4O8/c1-13(2)10-17(26-21(32)16(25)11-14-5-7-15(29)8-6-14)23(34)28-9-3-4-19(28)22(33)27-18(24(35)36)12-20(30)31/h5-8,13,16-19,29H,3-4,9-12,25H2,1-2H3,(H,26,32)(H,27,33)(H,30,31)(H,35,36). The molecular formula is C24H34N4O8. The van der Waals surface area contributed by atoms with Crippen molar-refractivity contribution in [3.8, 4) is 5.75 Å². The van der Waals surface area contributed by atoms with Gasteiger partial charge in [0, 0.05) is 6.54 Å². The van der Waals surface area contributed by atoms with E-state index in [0.717, 1.165) is 5.56 Å². The molecular weight excluding hydrogens is 472 g/mol. The summed E-state index contributed by atoms with van der Waals surface area (Å²) in [6, 6.07) is 1.72. The summed E-state index contributed by atoms with van der Waals surface area (Å²) in [6.07, 6.45) is 0.442. The number of aliphatic carboxylic acids is 2. The lowest BCUT2D eigenvalue weighted by molar-refractivity contribution is -0.148. The van der Waals surface area contributed by atoms with Gasteiger partial charge >= 0.3 is 11.9 Å². The van der Waals surface area contributed by atoms with Gasteiger partial charge in [0.15, 0.2) is 0 Å². The maximum Gasteiger partial charge on any atom is 0.326 e. The highest BCUT2D eigenvalue weighted by Crippen LogP contribution is 2.21. The Kier molecular flexibility index (Phi) is 10.2. The summed E-state index contributed by atoms with van der Waals surface area (Å²) in [5.74, 6) is -4.56. The molecule has 12 heteroatoms. The average Bonchev–Trinajstić information content (AvgIpc) is 3.28. The molecule has 0 saturated carbocycles. The molecule has 3 amide bonds. The lowest BCUT2D eigenvalue weighted by Gasteiger charge is -2.30. The number of carbonyl (C=O) groups excluding carboxylic acids is 3. The molecule has 0 radical (unpaired) electrons. The van der Waals surface area contributed by atoms with Gasteiger partial charge in [0.05, 0.1) is 12.5 Å². The first kappa shape index (κ1) is 28.6. The highest BCUT2D eigenvalue weighted by Gasteiger charge is 2.39. The third-order valence-electron chi connectivity index (χ3n) is 5.88. The number of nitrogens with two attached hydrogens (primary N) is 1. The first-order chi connectivity index (χ1) is 16.9. The number of hydrogen-bond acceptors (Lipinski definition) is 7. The molecule has 1 heterocycles. The molecule has 1 aromatic rings. The number of likely N-dealkylation sites (tertiary alicyclic amines) is 1. The Morgan fingerprint density at radius 2 is 1.69 bits per heavy atom. The minimum absolute atomic E-state index is 0.0226. The monoisotopic (exact) mass is 506 g/mol. The number of carboxylic acids is 2. The van der Waals surface area contributed by atoms with Gasteiger partial charge < -0.3 is 36.6 Å². The van der Waals surface area contributed by atoms with Crippen molar-refractivity contribution in [3.05, 3.63) is 29.8 Å². The highest BCUT2D eigenvalue weighted by atomic mass is 16.4. The average molecular weight is 507 g/mol. The van der Waals surface area contributed by atoms with Crippen molar-refractivity contribution >= 4 is 29.7 Å². The van der Waals surface area contributed by atoms with E-state index >= 15 is 0 Å². The molecule has 1 aliphatic rings. The predicted octanol–water partition coefficient (Wildman–Crippen LogP) is -0.172. The molecule has 0 aromatic heterocycles. The van der Waals surface area contributed by atoms with Crippen LogP contribution in [0.25, 0.3) is 0 Å². The number of carboxylic acid groups (broad SMARTS) is 2. The number of aromatic hydroxyl groups is 1. The molecule has 1 aliphatic heterocycles. The normalized spacial score (nSPS) is 17.8. The van der Waals surface area contributed by atoms with Gasteiger partial charge in [-0.25, -0.2) is 4.79 Å². The van der Waals surface area contributed by atoms with Crippen molar-refractivity contribution < 1.29 is 39.3 Å². The Morgan fingerprint density at radius 3 is 2.25 bits per heavy atom. The molecule has 1 fully saturated rings. The Labute approximate surface area is 208 Å². The van der Waals surface area contributed by atoms with E-state index < -0.39 is 60.2 Å². The fourth-order valence-electron chi connectivity index (χ4n) is 4.10.